The van der Waals surface area contributed by atoms with Crippen LogP contribution in [0.15, 0.2) is 170 Å². The van der Waals surface area contributed by atoms with E-state index in [0.29, 0.717) is 0 Å². The molecule has 0 heterocycles. The molecule has 0 unspecified atom stereocenters. The highest BCUT2D eigenvalue weighted by molar-refractivity contribution is 6.31. The smallest absolute Gasteiger partial charge is 0.00134 e. The van der Waals surface area contributed by atoms with Gasteiger partial charge in [0.05, 0.1) is 0 Å². The lowest BCUT2D eigenvalue weighted by Gasteiger charge is -2.28. The summed E-state index contributed by atoms with van der Waals surface area (Å²) >= 11 is 0. The summed E-state index contributed by atoms with van der Waals surface area (Å²) < 4.78 is 0. The van der Waals surface area contributed by atoms with Crippen molar-refractivity contribution >= 4 is 32.3 Å². The van der Waals surface area contributed by atoms with Crippen LogP contribution in [0.5, 0.6) is 0 Å². The molecule has 0 aliphatic heterocycles. The highest BCUT2D eigenvalue weighted by Gasteiger charge is 2.34. The molecular weight excluding hydrogens is 841 g/mol. The van der Waals surface area contributed by atoms with E-state index < -0.39 is 0 Å². The monoisotopic (exact) mass is 905 g/mol. The molecule has 0 saturated heterocycles. The van der Waals surface area contributed by atoms with E-state index in [-0.39, 0.29) is 21.7 Å². The quantitative estimate of drug-likeness (QED) is 0.154. The van der Waals surface area contributed by atoms with Gasteiger partial charge in [0.2, 0.25) is 0 Å². The summed E-state index contributed by atoms with van der Waals surface area (Å²) in [6, 6.07) is 65.9. The third kappa shape index (κ3) is 6.85. The average Bonchev–Trinajstić information content (AvgIpc) is 3.83. The Hall–Kier alpha value is -7.02. The second-order valence-corrected chi connectivity index (χ2v) is 24.6. The third-order valence-corrected chi connectivity index (χ3v) is 15.7. The second kappa shape index (κ2) is 15.2. The highest BCUT2D eigenvalue weighted by Crippen LogP contribution is 2.61. The number of rotatable bonds is 4. The van der Waals surface area contributed by atoms with Crippen molar-refractivity contribution < 1.29 is 0 Å². The fourth-order valence-electron chi connectivity index (χ4n) is 11.8. The number of fused-ring (bicyclic) bond motifs is 8. The Morgan fingerprint density at radius 2 is 0.514 bits per heavy atom. The molecule has 344 valence electrons. The average molecular weight is 905 g/mol. The first kappa shape index (κ1) is 44.2. The Kier molecular flexibility index (Phi) is 9.62. The molecule has 0 amide bonds. The Morgan fingerprint density at radius 3 is 0.857 bits per heavy atom. The van der Waals surface area contributed by atoms with Crippen LogP contribution in [-0.4, -0.2) is 0 Å². The first-order valence-electron chi connectivity index (χ1n) is 25.5. The van der Waals surface area contributed by atoms with Crippen LogP contribution in [-0.2, 0) is 21.7 Å². The molecule has 0 atom stereocenters. The first-order chi connectivity index (χ1) is 33.3. The Labute approximate surface area is 416 Å². The van der Waals surface area contributed by atoms with E-state index in [4.69, 9.17) is 0 Å². The van der Waals surface area contributed by atoms with Crippen molar-refractivity contribution in [2.75, 3.05) is 0 Å². The van der Waals surface area contributed by atoms with E-state index in [1.165, 1.54) is 144 Å². The van der Waals surface area contributed by atoms with Gasteiger partial charge in [0.25, 0.3) is 0 Å². The van der Waals surface area contributed by atoms with Crippen molar-refractivity contribution in [3.05, 3.63) is 192 Å². The van der Waals surface area contributed by atoms with Crippen molar-refractivity contribution in [1.82, 2.24) is 0 Å². The van der Waals surface area contributed by atoms with Crippen LogP contribution in [0.2, 0.25) is 0 Å². The van der Waals surface area contributed by atoms with E-state index >= 15 is 0 Å². The lowest BCUT2D eigenvalue weighted by Crippen LogP contribution is -2.16. The van der Waals surface area contributed by atoms with Gasteiger partial charge in [-0.15, -0.1) is 0 Å². The SMILES string of the molecule is CC(C)(C)c1cc(-c2c3ccccc3c(-c3cc(C(C)(C)C)cc(C(C)(C)C)c3)c3cc4c(cc23)-c2ccc3c5c(ccc-4c25)-c2c(-c4ccccc4)ccc(-c4ccccc4)c2-3)cc(C(C)(C)C)c1. The zero-order valence-corrected chi connectivity index (χ0v) is 43.2. The summed E-state index contributed by atoms with van der Waals surface area (Å²) in [5.41, 5.74) is 26.2. The van der Waals surface area contributed by atoms with E-state index in [1.807, 2.05) is 0 Å². The van der Waals surface area contributed by atoms with Gasteiger partial charge in [0.15, 0.2) is 0 Å². The van der Waals surface area contributed by atoms with Crippen LogP contribution < -0.4 is 0 Å². The maximum absolute atomic E-state index is 2.60. The van der Waals surface area contributed by atoms with E-state index in [2.05, 4.69) is 253 Å². The first-order valence-corrected chi connectivity index (χ1v) is 25.5. The largest absolute Gasteiger partial charge is 0.0622 e. The summed E-state index contributed by atoms with van der Waals surface area (Å²) in [5.74, 6) is 0. The van der Waals surface area contributed by atoms with Gasteiger partial charge >= 0.3 is 0 Å². The molecule has 0 nitrogen and oxygen atoms in total. The van der Waals surface area contributed by atoms with Gasteiger partial charge in [-0.25, -0.2) is 0 Å². The lowest BCUT2D eigenvalue weighted by atomic mass is 9.76. The maximum Gasteiger partial charge on any atom is -0.00134 e. The Balaban J connectivity index is 1.21. The molecule has 0 heteroatoms. The summed E-state index contributed by atoms with van der Waals surface area (Å²) in [6.07, 6.45) is 0. The molecule has 0 bridgehead atoms. The van der Waals surface area contributed by atoms with Crippen molar-refractivity contribution in [3.8, 4) is 89.0 Å². The fourth-order valence-corrected chi connectivity index (χ4v) is 11.8. The summed E-state index contributed by atoms with van der Waals surface area (Å²) in [6.45, 7) is 28.3. The molecule has 0 fully saturated rings. The molecule has 70 heavy (non-hydrogen) atoms. The maximum atomic E-state index is 2.60. The number of benzene rings is 10. The predicted octanol–water partition coefficient (Wildman–Crippen LogP) is 20.3. The van der Waals surface area contributed by atoms with Gasteiger partial charge in [-0.05, 0) is 177 Å². The second-order valence-electron chi connectivity index (χ2n) is 24.6. The molecular formula is C70H64. The highest BCUT2D eigenvalue weighted by atomic mass is 14.4. The van der Waals surface area contributed by atoms with Gasteiger partial charge in [0, 0.05) is 0 Å². The molecule has 2 aliphatic rings. The van der Waals surface area contributed by atoms with E-state index in [1.54, 1.807) is 0 Å². The molecule has 0 N–H and O–H groups in total. The molecule has 10 aromatic rings. The molecule has 0 aromatic heterocycles. The summed E-state index contributed by atoms with van der Waals surface area (Å²) in [4.78, 5) is 0. The van der Waals surface area contributed by atoms with E-state index in [0.717, 1.165) is 0 Å². The standard InChI is InChI=1S/C70H64/c1-67(2,3)45-33-43(34-46(37-45)68(4,5)6)61-51-25-19-20-26-52(51)62(44-35-47(69(7,8)9)38-48(36-44)70(10,11)12)60-40-58-54-30-32-56-64-50(42-23-17-14-18-24-42)28-27-49(41-21-15-13-16-22-41)63(64)55-31-29-53(65(54)66(55)56)57(58)39-59(60)61/h13-40H,1-12H3. The normalized spacial score (nSPS) is 13.1. The number of hydrogen-bond acceptors (Lipinski definition) is 0. The van der Waals surface area contributed by atoms with Crippen LogP contribution in [0.25, 0.3) is 121 Å². The summed E-state index contributed by atoms with van der Waals surface area (Å²) in [5, 5.41) is 7.94. The van der Waals surface area contributed by atoms with E-state index in [9.17, 15) is 0 Å². The molecule has 0 spiro atoms. The molecule has 10 aromatic carbocycles. The topological polar surface area (TPSA) is 0 Å². The Morgan fingerprint density at radius 1 is 0.214 bits per heavy atom. The minimum Gasteiger partial charge on any atom is -0.0622 e. The van der Waals surface area contributed by atoms with Gasteiger partial charge in [0.1, 0.15) is 0 Å². The zero-order valence-electron chi connectivity index (χ0n) is 43.2. The van der Waals surface area contributed by atoms with Crippen LogP contribution >= 0.6 is 0 Å². The van der Waals surface area contributed by atoms with Crippen LogP contribution in [0.4, 0.5) is 0 Å². The van der Waals surface area contributed by atoms with Crippen LogP contribution in [0, 0.1) is 0 Å². The van der Waals surface area contributed by atoms with Crippen molar-refractivity contribution in [1.29, 1.82) is 0 Å². The number of hydrogen-bond donors (Lipinski definition) is 0. The molecule has 2 aliphatic carbocycles. The Bertz CT molecular complexity index is 3500. The van der Waals surface area contributed by atoms with Gasteiger partial charge in [-0.3, -0.25) is 0 Å². The van der Waals surface area contributed by atoms with Crippen LogP contribution in [0.3, 0.4) is 0 Å². The van der Waals surface area contributed by atoms with Crippen LogP contribution in [0.1, 0.15) is 105 Å². The molecule has 0 radical (unpaired) electrons. The minimum absolute atomic E-state index is 0.0309. The van der Waals surface area contributed by atoms with Crippen molar-refractivity contribution in [3.63, 3.8) is 0 Å². The van der Waals surface area contributed by atoms with Gasteiger partial charge in [-0.2, -0.15) is 0 Å². The third-order valence-electron chi connectivity index (χ3n) is 15.7. The van der Waals surface area contributed by atoms with Gasteiger partial charge < -0.3 is 0 Å². The lowest BCUT2D eigenvalue weighted by molar-refractivity contribution is 0.568. The molecule has 0 saturated carbocycles. The molecule has 12 rings (SSSR count). The fraction of sp³-hybridized carbons (Fsp3) is 0.229. The predicted molar refractivity (Wildman–Crippen MR) is 304 cm³/mol. The zero-order chi connectivity index (χ0) is 48.8. The minimum atomic E-state index is -0.0309. The van der Waals surface area contributed by atoms with Gasteiger partial charge in [-0.1, -0.05) is 241 Å². The summed E-state index contributed by atoms with van der Waals surface area (Å²) in [7, 11) is 0. The van der Waals surface area contributed by atoms with Crippen molar-refractivity contribution in [2.45, 2.75) is 105 Å². The van der Waals surface area contributed by atoms with Crippen molar-refractivity contribution in [2.24, 2.45) is 0 Å².